The summed E-state index contributed by atoms with van der Waals surface area (Å²) >= 11 is 1.52. The van der Waals surface area contributed by atoms with E-state index in [2.05, 4.69) is 20.0 Å². The molecule has 6 nitrogen and oxygen atoms in total. The molecule has 0 saturated heterocycles. The van der Waals surface area contributed by atoms with Crippen molar-refractivity contribution in [2.75, 3.05) is 0 Å². The van der Waals surface area contributed by atoms with Crippen molar-refractivity contribution in [1.29, 1.82) is 0 Å². The molecule has 0 aliphatic heterocycles. The van der Waals surface area contributed by atoms with Crippen LogP contribution in [-0.2, 0) is 25.9 Å². The number of hydrogen-bond acceptors (Lipinski definition) is 6. The fraction of sp³-hybridized carbons (Fsp3) is 0.292. The van der Waals surface area contributed by atoms with Gasteiger partial charge in [-0.3, -0.25) is 14.3 Å². The van der Waals surface area contributed by atoms with E-state index in [0.29, 0.717) is 30.3 Å². The minimum absolute atomic E-state index is 0.0519. The molecule has 4 aromatic rings. The first-order valence-electron chi connectivity index (χ1n) is 10.8. The molecule has 34 heavy (non-hydrogen) atoms. The van der Waals surface area contributed by atoms with Gasteiger partial charge in [0.1, 0.15) is 10.6 Å². The van der Waals surface area contributed by atoms with Gasteiger partial charge in [0, 0.05) is 35.4 Å². The van der Waals surface area contributed by atoms with Crippen molar-refractivity contribution in [2.45, 2.75) is 44.8 Å². The van der Waals surface area contributed by atoms with E-state index in [-0.39, 0.29) is 23.9 Å². The van der Waals surface area contributed by atoms with Gasteiger partial charge in [-0.15, -0.1) is 24.5 Å². The van der Waals surface area contributed by atoms with Crippen molar-refractivity contribution in [1.82, 2.24) is 19.9 Å². The first-order valence-corrected chi connectivity index (χ1v) is 11.6. The van der Waals surface area contributed by atoms with Crippen LogP contribution in [0.1, 0.15) is 28.0 Å². The highest BCUT2D eigenvalue weighted by molar-refractivity contribution is 7.18. The fourth-order valence-electron chi connectivity index (χ4n) is 4.30. The molecule has 0 saturated carbocycles. The highest BCUT2D eigenvalue weighted by Crippen LogP contribution is 2.34. The molecular weight excluding hydrogens is 465 g/mol. The highest BCUT2D eigenvalue weighted by Gasteiger charge is 2.32. The summed E-state index contributed by atoms with van der Waals surface area (Å²) in [6, 6.07) is 9.96. The van der Waals surface area contributed by atoms with Gasteiger partial charge < -0.3 is 10.1 Å². The number of ether oxygens (including phenoxy) is 1. The van der Waals surface area contributed by atoms with E-state index in [1.807, 2.05) is 12.1 Å². The van der Waals surface area contributed by atoms with Gasteiger partial charge >= 0.3 is 6.36 Å². The predicted molar refractivity (Wildman–Crippen MR) is 123 cm³/mol. The van der Waals surface area contributed by atoms with Crippen molar-refractivity contribution in [3.8, 4) is 5.75 Å². The van der Waals surface area contributed by atoms with Crippen molar-refractivity contribution in [2.24, 2.45) is 0 Å². The standard InChI is InChI=1S/C24H21F3N4O2S/c25-24(26,27)33-19-4-2-1-3-16(19)12-29-17-5-6-18-20(11-17)34-22-21(18)23(32)31(14-30-22)13-15-7-9-28-10-8-15/h1-4,7-10,14,17,29H,5-6,11-13H2/t17-/m1/s1. The molecule has 5 rings (SSSR count). The second-order valence-electron chi connectivity index (χ2n) is 8.19. The van der Waals surface area contributed by atoms with Gasteiger partial charge in [-0.05, 0) is 48.6 Å². The van der Waals surface area contributed by atoms with E-state index in [1.165, 1.54) is 23.5 Å². The topological polar surface area (TPSA) is 69.0 Å². The lowest BCUT2D eigenvalue weighted by atomic mass is 9.93. The number of para-hydroxylation sites is 1. The maximum Gasteiger partial charge on any atom is 0.573 e. The number of aromatic nitrogens is 3. The molecule has 0 fully saturated rings. The van der Waals surface area contributed by atoms with Crippen LogP contribution < -0.4 is 15.6 Å². The number of benzene rings is 1. The second kappa shape index (κ2) is 9.19. The molecule has 0 spiro atoms. The summed E-state index contributed by atoms with van der Waals surface area (Å²) in [5.74, 6) is -0.195. The smallest absolute Gasteiger partial charge is 0.405 e. The van der Waals surface area contributed by atoms with E-state index in [1.54, 1.807) is 35.4 Å². The largest absolute Gasteiger partial charge is 0.573 e. The number of hydrogen-bond donors (Lipinski definition) is 1. The third-order valence-electron chi connectivity index (χ3n) is 5.92. The van der Waals surface area contributed by atoms with Crippen molar-refractivity contribution in [3.63, 3.8) is 0 Å². The van der Waals surface area contributed by atoms with Gasteiger partial charge in [-0.1, -0.05) is 18.2 Å². The Labute approximate surface area is 197 Å². The summed E-state index contributed by atoms with van der Waals surface area (Å²) in [4.78, 5) is 23.6. The normalized spacial score (nSPS) is 15.9. The zero-order valence-corrected chi connectivity index (χ0v) is 18.8. The van der Waals surface area contributed by atoms with Gasteiger partial charge in [0.2, 0.25) is 0 Å². The Kier molecular flexibility index (Phi) is 6.09. The molecule has 1 atom stereocenters. The van der Waals surface area contributed by atoms with Crippen LogP contribution in [0.5, 0.6) is 5.75 Å². The Morgan fingerprint density at radius 1 is 1.18 bits per heavy atom. The van der Waals surface area contributed by atoms with Crippen molar-refractivity contribution >= 4 is 21.6 Å². The lowest BCUT2D eigenvalue weighted by Crippen LogP contribution is -2.34. The van der Waals surface area contributed by atoms with Crippen LogP contribution in [-0.4, -0.2) is 26.9 Å². The maximum absolute atomic E-state index is 13.2. The van der Waals surface area contributed by atoms with Crippen LogP contribution in [0.15, 0.2) is 59.9 Å². The SMILES string of the molecule is O=c1c2c3c(sc2ncn1Cc1ccncc1)C[C@H](NCc1ccccc1OC(F)(F)F)CC3. The van der Waals surface area contributed by atoms with Crippen LogP contribution in [0.2, 0.25) is 0 Å². The van der Waals surface area contributed by atoms with Crippen LogP contribution in [0, 0.1) is 0 Å². The van der Waals surface area contributed by atoms with Crippen molar-refractivity contribution < 1.29 is 17.9 Å². The molecular formula is C24H21F3N4O2S. The number of pyridine rings is 1. The number of halogens is 3. The highest BCUT2D eigenvalue weighted by atomic mass is 32.1. The van der Waals surface area contributed by atoms with E-state index in [0.717, 1.165) is 27.3 Å². The quantitative estimate of drug-likeness (QED) is 0.436. The lowest BCUT2D eigenvalue weighted by molar-refractivity contribution is -0.274. The number of fused-ring (bicyclic) bond motifs is 3. The van der Waals surface area contributed by atoms with Gasteiger partial charge in [-0.25, -0.2) is 4.98 Å². The molecule has 1 N–H and O–H groups in total. The number of nitrogens with zero attached hydrogens (tertiary/aromatic N) is 3. The van der Waals surface area contributed by atoms with Crippen LogP contribution >= 0.6 is 11.3 Å². The number of nitrogens with one attached hydrogen (secondary N) is 1. The summed E-state index contributed by atoms with van der Waals surface area (Å²) < 4.78 is 43.8. The Balaban J connectivity index is 1.32. The summed E-state index contributed by atoms with van der Waals surface area (Å²) in [7, 11) is 0. The average molecular weight is 487 g/mol. The zero-order valence-electron chi connectivity index (χ0n) is 18.0. The Morgan fingerprint density at radius 2 is 1.97 bits per heavy atom. The molecule has 176 valence electrons. The van der Waals surface area contributed by atoms with E-state index >= 15 is 0 Å². The molecule has 0 amide bonds. The lowest BCUT2D eigenvalue weighted by Gasteiger charge is -2.24. The minimum atomic E-state index is -4.73. The monoisotopic (exact) mass is 486 g/mol. The molecule has 1 aliphatic rings. The number of rotatable bonds is 6. The summed E-state index contributed by atoms with van der Waals surface area (Å²) in [6.07, 6.45) is 2.43. The van der Waals surface area contributed by atoms with E-state index in [4.69, 9.17) is 0 Å². The van der Waals surface area contributed by atoms with E-state index < -0.39 is 6.36 Å². The van der Waals surface area contributed by atoms with Crippen LogP contribution in [0.25, 0.3) is 10.2 Å². The van der Waals surface area contributed by atoms with Gasteiger partial charge in [0.25, 0.3) is 5.56 Å². The maximum atomic E-state index is 13.2. The molecule has 0 radical (unpaired) electrons. The molecule has 1 aliphatic carbocycles. The zero-order chi connectivity index (χ0) is 23.7. The number of aryl methyl sites for hydroxylation is 1. The first-order chi connectivity index (χ1) is 16.4. The summed E-state index contributed by atoms with van der Waals surface area (Å²) in [5.41, 5.74) is 2.41. The van der Waals surface area contributed by atoms with E-state index in [9.17, 15) is 18.0 Å². The Hall–Kier alpha value is -3.24. The Bertz CT molecular complexity index is 1370. The van der Waals surface area contributed by atoms with Crippen LogP contribution in [0.4, 0.5) is 13.2 Å². The third-order valence-corrected chi connectivity index (χ3v) is 7.08. The Morgan fingerprint density at radius 3 is 2.76 bits per heavy atom. The molecule has 3 heterocycles. The molecule has 0 bridgehead atoms. The average Bonchev–Trinajstić information content (AvgIpc) is 3.18. The summed E-state index contributed by atoms with van der Waals surface area (Å²) in [5, 5.41) is 4.04. The van der Waals surface area contributed by atoms with Crippen molar-refractivity contribution in [3.05, 3.63) is 87.0 Å². The first kappa shape index (κ1) is 22.5. The minimum Gasteiger partial charge on any atom is -0.405 e. The van der Waals surface area contributed by atoms with Crippen LogP contribution in [0.3, 0.4) is 0 Å². The molecule has 10 heteroatoms. The molecule has 0 unspecified atom stereocenters. The second-order valence-corrected chi connectivity index (χ2v) is 9.28. The number of alkyl halides is 3. The predicted octanol–water partition coefficient (Wildman–Crippen LogP) is 4.45. The summed E-state index contributed by atoms with van der Waals surface area (Å²) in [6.45, 7) is 0.687. The third kappa shape index (κ3) is 4.83. The van der Waals surface area contributed by atoms with Gasteiger partial charge in [-0.2, -0.15) is 0 Å². The fourth-order valence-corrected chi connectivity index (χ4v) is 5.56. The van der Waals surface area contributed by atoms with Gasteiger partial charge in [0.15, 0.2) is 0 Å². The molecule has 3 aromatic heterocycles. The van der Waals surface area contributed by atoms with Gasteiger partial charge in [0.05, 0.1) is 18.3 Å². The number of thiophene rings is 1. The molecule has 1 aromatic carbocycles.